The summed E-state index contributed by atoms with van der Waals surface area (Å²) in [5, 5.41) is 1.20. The highest BCUT2D eigenvalue weighted by Gasteiger charge is 1.98. The first-order valence-electron chi connectivity index (χ1n) is 7.51. The van der Waals surface area contributed by atoms with Crippen LogP contribution in [0.1, 0.15) is 25.2 Å². The van der Waals surface area contributed by atoms with Crippen molar-refractivity contribution in [2.24, 2.45) is 0 Å². The average Bonchev–Trinajstić information content (AvgIpc) is 2.99. The molecule has 1 aromatic heterocycles. The lowest BCUT2D eigenvalue weighted by Gasteiger charge is -2.02. The smallest absolute Gasteiger partial charge is 0.134 e. The summed E-state index contributed by atoms with van der Waals surface area (Å²) in [6.45, 7) is 4.09. The van der Waals surface area contributed by atoms with Crippen molar-refractivity contribution in [2.45, 2.75) is 20.3 Å². The second-order valence-corrected chi connectivity index (χ2v) is 4.85. The van der Waals surface area contributed by atoms with Crippen molar-refractivity contribution < 1.29 is 9.15 Å². The molecule has 1 heterocycles. The normalized spacial score (nSPS) is 10.5. The number of furan rings is 1. The zero-order valence-corrected chi connectivity index (χ0v) is 13.4. The van der Waals surface area contributed by atoms with E-state index in [1.165, 1.54) is 5.39 Å². The van der Waals surface area contributed by atoms with Gasteiger partial charge in [-0.15, -0.1) is 0 Å². The Morgan fingerprint density at radius 1 is 1.05 bits per heavy atom. The molecule has 2 aromatic carbocycles. The van der Waals surface area contributed by atoms with Gasteiger partial charge < -0.3 is 9.15 Å². The fraction of sp³-hybridized carbons (Fsp3) is 0.200. The van der Waals surface area contributed by atoms with Gasteiger partial charge >= 0.3 is 0 Å². The van der Waals surface area contributed by atoms with Crippen LogP contribution in [0.25, 0.3) is 17.0 Å². The van der Waals surface area contributed by atoms with Crippen LogP contribution in [0.2, 0.25) is 0 Å². The number of aryl methyl sites for hydroxylation is 1. The highest BCUT2D eigenvalue weighted by atomic mass is 16.5. The second kappa shape index (κ2) is 8.08. The van der Waals surface area contributed by atoms with Gasteiger partial charge in [0.15, 0.2) is 0 Å². The lowest BCUT2D eigenvalue weighted by Crippen LogP contribution is -1.84. The van der Waals surface area contributed by atoms with Gasteiger partial charge in [0.2, 0.25) is 0 Å². The standard InChI is InChI=1S/C10H10O.C10H12O/c1-2-9-7-8-5-3-4-6-10(8)11-9;1-3-6-9-7-4-5-8-10(9)11-2/h3-7H,2H2,1H3;3-8H,1-2H3/b;6-3+. The Balaban J connectivity index is 0.000000160. The molecule has 0 aliphatic carbocycles. The van der Waals surface area contributed by atoms with E-state index in [0.717, 1.165) is 29.1 Å². The van der Waals surface area contributed by atoms with Gasteiger partial charge in [-0.1, -0.05) is 55.5 Å². The zero-order valence-electron chi connectivity index (χ0n) is 13.4. The molecule has 0 bridgehead atoms. The first-order valence-corrected chi connectivity index (χ1v) is 7.51. The van der Waals surface area contributed by atoms with Crippen LogP contribution in [0, 0.1) is 0 Å². The molecule has 3 rings (SSSR count). The van der Waals surface area contributed by atoms with E-state index in [1.54, 1.807) is 7.11 Å². The Bertz CT molecular complexity index is 705. The molecule has 3 aromatic rings. The third-order valence-corrected chi connectivity index (χ3v) is 3.31. The van der Waals surface area contributed by atoms with Gasteiger partial charge in [-0.3, -0.25) is 0 Å². The van der Waals surface area contributed by atoms with Gasteiger partial charge in [0.05, 0.1) is 7.11 Å². The Hall–Kier alpha value is -2.48. The Morgan fingerprint density at radius 2 is 1.77 bits per heavy atom. The number of rotatable bonds is 3. The molecule has 0 unspecified atom stereocenters. The van der Waals surface area contributed by atoms with Gasteiger partial charge in [-0.2, -0.15) is 0 Å². The van der Waals surface area contributed by atoms with E-state index < -0.39 is 0 Å². The quantitative estimate of drug-likeness (QED) is 0.616. The monoisotopic (exact) mass is 294 g/mol. The molecule has 2 nitrogen and oxygen atoms in total. The molecule has 0 spiro atoms. The number of hydrogen-bond acceptors (Lipinski definition) is 2. The van der Waals surface area contributed by atoms with Crippen LogP contribution in [0.4, 0.5) is 0 Å². The largest absolute Gasteiger partial charge is 0.496 e. The predicted octanol–water partition coefficient (Wildman–Crippen LogP) is 5.72. The fourth-order valence-electron chi connectivity index (χ4n) is 2.19. The van der Waals surface area contributed by atoms with E-state index in [2.05, 4.69) is 19.1 Å². The third-order valence-electron chi connectivity index (χ3n) is 3.31. The molecule has 114 valence electrons. The van der Waals surface area contributed by atoms with Crippen LogP contribution in [0.5, 0.6) is 5.75 Å². The van der Waals surface area contributed by atoms with Crippen LogP contribution in [0.3, 0.4) is 0 Å². The van der Waals surface area contributed by atoms with Crippen LogP contribution in [0.15, 0.2) is 65.1 Å². The molecule has 0 amide bonds. The Kier molecular flexibility index (Phi) is 5.84. The maximum atomic E-state index is 5.52. The molecule has 0 aliphatic rings. The molecular weight excluding hydrogens is 272 g/mol. The first kappa shape index (κ1) is 15.9. The van der Waals surface area contributed by atoms with Crippen LogP contribution in [-0.4, -0.2) is 7.11 Å². The van der Waals surface area contributed by atoms with Crippen molar-refractivity contribution in [3.8, 4) is 5.75 Å². The number of allylic oxidation sites excluding steroid dienone is 1. The van der Waals surface area contributed by atoms with Gasteiger partial charge in [0.25, 0.3) is 0 Å². The van der Waals surface area contributed by atoms with Gasteiger partial charge in [0, 0.05) is 17.4 Å². The number of benzene rings is 2. The van der Waals surface area contributed by atoms with Crippen molar-refractivity contribution in [2.75, 3.05) is 7.11 Å². The van der Waals surface area contributed by atoms with E-state index >= 15 is 0 Å². The molecule has 0 saturated carbocycles. The van der Waals surface area contributed by atoms with Gasteiger partial charge in [-0.25, -0.2) is 0 Å². The highest BCUT2D eigenvalue weighted by Crippen LogP contribution is 2.19. The van der Waals surface area contributed by atoms with Crippen LogP contribution < -0.4 is 4.74 Å². The Morgan fingerprint density at radius 3 is 2.45 bits per heavy atom. The summed E-state index contributed by atoms with van der Waals surface area (Å²) in [6, 6.07) is 18.1. The lowest BCUT2D eigenvalue weighted by molar-refractivity contribution is 0.414. The third kappa shape index (κ3) is 4.01. The number of hydrogen-bond donors (Lipinski definition) is 0. The Labute approximate surface area is 132 Å². The maximum Gasteiger partial charge on any atom is 0.134 e. The van der Waals surface area contributed by atoms with E-state index in [1.807, 2.05) is 61.5 Å². The fourth-order valence-corrected chi connectivity index (χ4v) is 2.19. The van der Waals surface area contributed by atoms with Crippen molar-refractivity contribution in [1.29, 1.82) is 0 Å². The second-order valence-electron chi connectivity index (χ2n) is 4.85. The minimum atomic E-state index is 0.922. The molecule has 0 atom stereocenters. The average molecular weight is 294 g/mol. The summed E-state index contributed by atoms with van der Waals surface area (Å²) >= 11 is 0. The molecule has 0 saturated heterocycles. The molecule has 0 N–H and O–H groups in total. The highest BCUT2D eigenvalue weighted by molar-refractivity contribution is 5.77. The minimum absolute atomic E-state index is 0.922. The summed E-state index contributed by atoms with van der Waals surface area (Å²) in [5.41, 5.74) is 2.11. The van der Waals surface area contributed by atoms with E-state index in [-0.39, 0.29) is 0 Å². The number of methoxy groups -OCH3 is 1. The first-order chi connectivity index (χ1) is 10.8. The summed E-state index contributed by atoms with van der Waals surface area (Å²) < 4.78 is 10.7. The summed E-state index contributed by atoms with van der Waals surface area (Å²) in [6.07, 6.45) is 4.99. The SMILES string of the molecule is C/C=C/c1ccccc1OC.CCc1cc2ccccc2o1. The maximum absolute atomic E-state index is 5.52. The summed E-state index contributed by atoms with van der Waals surface area (Å²) in [7, 11) is 1.68. The van der Waals surface area contributed by atoms with Crippen molar-refractivity contribution in [3.63, 3.8) is 0 Å². The van der Waals surface area contributed by atoms with Gasteiger partial charge in [-0.05, 0) is 25.1 Å². The topological polar surface area (TPSA) is 22.4 Å². The molecule has 0 aliphatic heterocycles. The molecule has 0 radical (unpaired) electrons. The molecule has 2 heteroatoms. The van der Waals surface area contributed by atoms with Crippen molar-refractivity contribution in [3.05, 3.63) is 72.0 Å². The number of ether oxygens (including phenoxy) is 1. The predicted molar refractivity (Wildman–Crippen MR) is 93.3 cm³/mol. The lowest BCUT2D eigenvalue weighted by atomic mass is 10.2. The molecule has 0 fully saturated rings. The zero-order chi connectivity index (χ0) is 15.8. The van der Waals surface area contributed by atoms with Crippen LogP contribution >= 0.6 is 0 Å². The molecular formula is C20H22O2. The van der Waals surface area contributed by atoms with E-state index in [0.29, 0.717) is 0 Å². The number of fused-ring (bicyclic) bond motifs is 1. The van der Waals surface area contributed by atoms with E-state index in [9.17, 15) is 0 Å². The van der Waals surface area contributed by atoms with Gasteiger partial charge in [0.1, 0.15) is 17.1 Å². The summed E-state index contributed by atoms with van der Waals surface area (Å²) in [5.74, 6) is 1.98. The number of para-hydroxylation sites is 2. The van der Waals surface area contributed by atoms with E-state index in [4.69, 9.17) is 9.15 Å². The van der Waals surface area contributed by atoms with Crippen molar-refractivity contribution >= 4 is 17.0 Å². The van der Waals surface area contributed by atoms with Crippen LogP contribution in [-0.2, 0) is 6.42 Å². The molecule has 22 heavy (non-hydrogen) atoms. The summed E-state index contributed by atoms with van der Waals surface area (Å²) in [4.78, 5) is 0. The van der Waals surface area contributed by atoms with Crippen molar-refractivity contribution in [1.82, 2.24) is 0 Å². The minimum Gasteiger partial charge on any atom is -0.496 e.